The predicted molar refractivity (Wildman–Crippen MR) is 126 cm³/mol. The second-order valence-electron chi connectivity index (χ2n) is 7.57. The minimum atomic E-state index is -0.386. The maximum atomic E-state index is 14.6. The summed E-state index contributed by atoms with van der Waals surface area (Å²) in [5.74, 6) is 0.247. The average molecular weight is 450 g/mol. The Balaban J connectivity index is 1.49. The van der Waals surface area contributed by atoms with Gasteiger partial charge in [0.15, 0.2) is 0 Å². The Morgan fingerprint density at radius 1 is 1.06 bits per heavy atom. The van der Waals surface area contributed by atoms with Crippen molar-refractivity contribution in [1.29, 1.82) is 0 Å². The van der Waals surface area contributed by atoms with Crippen LogP contribution in [-0.2, 0) is 4.74 Å². The molecule has 3 aromatic carbocycles. The number of rotatable bonds is 4. The monoisotopic (exact) mass is 449 g/mol. The number of hydrogen-bond acceptors (Lipinski definition) is 6. The minimum absolute atomic E-state index is 0.0421. The second kappa shape index (κ2) is 8.70. The zero-order valence-corrected chi connectivity index (χ0v) is 17.9. The van der Waals surface area contributed by atoms with Crippen LogP contribution in [0.3, 0.4) is 0 Å². The van der Waals surface area contributed by atoms with Gasteiger partial charge in [0, 0.05) is 40.3 Å². The highest BCUT2D eigenvalue weighted by Gasteiger charge is 2.16. The van der Waals surface area contributed by atoms with Gasteiger partial charge in [0.2, 0.25) is 5.95 Å². The molecule has 6 nitrogen and oxygen atoms in total. The van der Waals surface area contributed by atoms with Gasteiger partial charge in [-0.1, -0.05) is 35.9 Å². The molecule has 2 heterocycles. The van der Waals surface area contributed by atoms with E-state index in [1.807, 2.05) is 30.3 Å². The standard InChI is InChI=1S/C24H21ClFN5O/c25-15-6-9-20(26)19(12-15)17-2-1-3-18-22(17)30-24(31-23(18)27)29-16-7-4-14(5-8-16)21-13-28-10-11-32-21/h1-9,12,21,28H,10-11,13H2,(H3,27,29,30,31). The molecule has 1 aliphatic heterocycles. The molecule has 4 aromatic rings. The van der Waals surface area contributed by atoms with Crippen LogP contribution in [-0.4, -0.2) is 29.7 Å². The van der Waals surface area contributed by atoms with Crippen molar-refractivity contribution >= 4 is 40.0 Å². The third-order valence-electron chi connectivity index (χ3n) is 5.44. The molecule has 1 unspecified atom stereocenters. The number of anilines is 3. The van der Waals surface area contributed by atoms with Gasteiger partial charge in [0.1, 0.15) is 11.6 Å². The van der Waals surface area contributed by atoms with Crippen LogP contribution in [0, 0.1) is 5.82 Å². The number of nitrogens with two attached hydrogens (primary N) is 1. The summed E-state index contributed by atoms with van der Waals surface area (Å²) in [6, 6.07) is 17.7. The van der Waals surface area contributed by atoms with Gasteiger partial charge in [-0.25, -0.2) is 9.37 Å². The predicted octanol–water partition coefficient (Wildman–Crippen LogP) is 5.08. The number of hydrogen-bond donors (Lipinski definition) is 3. The number of fused-ring (bicyclic) bond motifs is 1. The molecule has 1 fully saturated rings. The van der Waals surface area contributed by atoms with Crippen molar-refractivity contribution in [2.45, 2.75) is 6.10 Å². The van der Waals surface area contributed by atoms with Gasteiger partial charge in [-0.05, 0) is 42.0 Å². The zero-order chi connectivity index (χ0) is 22.1. The molecule has 32 heavy (non-hydrogen) atoms. The molecule has 5 rings (SSSR count). The van der Waals surface area contributed by atoms with Gasteiger partial charge >= 0.3 is 0 Å². The van der Waals surface area contributed by atoms with Gasteiger partial charge < -0.3 is 21.1 Å². The Bertz CT molecular complexity index is 1280. The Hall–Kier alpha value is -3.26. The maximum absolute atomic E-state index is 14.6. The largest absolute Gasteiger partial charge is 0.383 e. The van der Waals surface area contributed by atoms with Crippen LogP contribution >= 0.6 is 11.6 Å². The Labute approximate surface area is 189 Å². The lowest BCUT2D eigenvalue weighted by Gasteiger charge is -2.24. The molecule has 8 heteroatoms. The van der Waals surface area contributed by atoms with Crippen molar-refractivity contribution in [2.24, 2.45) is 0 Å². The summed E-state index contributed by atoms with van der Waals surface area (Å²) in [5.41, 5.74) is 9.62. The fourth-order valence-corrected chi connectivity index (χ4v) is 4.01. The molecule has 0 aliphatic carbocycles. The molecule has 1 aliphatic rings. The van der Waals surface area contributed by atoms with Crippen LogP contribution in [0.15, 0.2) is 60.7 Å². The van der Waals surface area contributed by atoms with Gasteiger partial charge in [-0.15, -0.1) is 0 Å². The number of benzene rings is 3. The van der Waals surface area contributed by atoms with E-state index in [1.54, 1.807) is 18.2 Å². The quantitative estimate of drug-likeness (QED) is 0.403. The number of ether oxygens (including phenoxy) is 1. The van der Waals surface area contributed by atoms with Gasteiger partial charge in [-0.2, -0.15) is 4.98 Å². The number of halogens is 2. The van der Waals surface area contributed by atoms with Crippen LogP contribution in [0.5, 0.6) is 0 Å². The third-order valence-corrected chi connectivity index (χ3v) is 5.68. The second-order valence-corrected chi connectivity index (χ2v) is 8.01. The highest BCUT2D eigenvalue weighted by Crippen LogP contribution is 2.33. The van der Waals surface area contributed by atoms with E-state index in [4.69, 9.17) is 22.1 Å². The van der Waals surface area contributed by atoms with Crippen LogP contribution < -0.4 is 16.4 Å². The molecule has 0 saturated carbocycles. The number of aromatic nitrogens is 2. The van der Waals surface area contributed by atoms with Crippen molar-refractivity contribution in [3.05, 3.63) is 77.1 Å². The zero-order valence-electron chi connectivity index (χ0n) is 17.1. The van der Waals surface area contributed by atoms with Crippen LogP contribution in [0.4, 0.5) is 21.8 Å². The summed E-state index contributed by atoms with van der Waals surface area (Å²) < 4.78 is 20.4. The van der Waals surface area contributed by atoms with E-state index in [0.29, 0.717) is 45.4 Å². The number of nitrogen functional groups attached to an aromatic ring is 1. The summed E-state index contributed by atoms with van der Waals surface area (Å²) >= 11 is 6.11. The molecule has 0 spiro atoms. The van der Waals surface area contributed by atoms with Crippen LogP contribution in [0.25, 0.3) is 22.0 Å². The molecule has 4 N–H and O–H groups in total. The van der Waals surface area contributed by atoms with E-state index >= 15 is 0 Å². The first-order chi connectivity index (χ1) is 15.6. The maximum Gasteiger partial charge on any atom is 0.229 e. The van der Waals surface area contributed by atoms with E-state index in [0.717, 1.165) is 24.3 Å². The number of para-hydroxylation sites is 1. The molecule has 162 valence electrons. The fourth-order valence-electron chi connectivity index (χ4n) is 3.84. The topological polar surface area (TPSA) is 85.1 Å². The van der Waals surface area contributed by atoms with Crippen LogP contribution in [0.1, 0.15) is 11.7 Å². The molecule has 0 amide bonds. The fraction of sp³-hybridized carbons (Fsp3) is 0.167. The summed E-state index contributed by atoms with van der Waals surface area (Å²) in [5, 5.41) is 7.60. The van der Waals surface area contributed by atoms with Crippen molar-refractivity contribution in [3.63, 3.8) is 0 Å². The average Bonchev–Trinajstić information content (AvgIpc) is 2.81. The number of nitrogens with one attached hydrogen (secondary N) is 2. The molecular formula is C24H21ClFN5O. The van der Waals surface area contributed by atoms with Crippen molar-refractivity contribution in [1.82, 2.24) is 15.3 Å². The first kappa shape index (κ1) is 20.6. The lowest BCUT2D eigenvalue weighted by Crippen LogP contribution is -2.33. The summed E-state index contributed by atoms with van der Waals surface area (Å²) in [4.78, 5) is 9.03. The van der Waals surface area contributed by atoms with E-state index < -0.39 is 0 Å². The molecular weight excluding hydrogens is 429 g/mol. The van der Waals surface area contributed by atoms with Crippen molar-refractivity contribution in [2.75, 3.05) is 30.7 Å². The van der Waals surface area contributed by atoms with Gasteiger partial charge in [-0.3, -0.25) is 0 Å². The van der Waals surface area contributed by atoms with E-state index in [-0.39, 0.29) is 11.9 Å². The summed E-state index contributed by atoms with van der Waals surface area (Å²) in [7, 11) is 0. The smallest absolute Gasteiger partial charge is 0.229 e. The Kier molecular flexibility index (Phi) is 5.61. The summed E-state index contributed by atoms with van der Waals surface area (Å²) in [6.45, 7) is 2.36. The number of nitrogens with zero attached hydrogens (tertiary/aromatic N) is 2. The first-order valence-electron chi connectivity index (χ1n) is 10.3. The third kappa shape index (κ3) is 4.10. The van der Waals surface area contributed by atoms with Gasteiger partial charge in [0.05, 0.1) is 18.2 Å². The van der Waals surface area contributed by atoms with Crippen LogP contribution in [0.2, 0.25) is 5.02 Å². The first-order valence-corrected chi connectivity index (χ1v) is 10.7. The molecule has 0 radical (unpaired) electrons. The molecule has 1 saturated heterocycles. The lowest BCUT2D eigenvalue weighted by atomic mass is 10.0. The van der Waals surface area contributed by atoms with E-state index in [9.17, 15) is 4.39 Å². The molecule has 1 aromatic heterocycles. The molecule has 1 atom stereocenters. The minimum Gasteiger partial charge on any atom is -0.383 e. The highest BCUT2D eigenvalue weighted by molar-refractivity contribution is 6.31. The SMILES string of the molecule is Nc1nc(Nc2ccc(C3CNCCO3)cc2)nc2c(-c3cc(Cl)ccc3F)cccc12. The summed E-state index contributed by atoms with van der Waals surface area (Å²) in [6.07, 6.45) is 0.0421. The number of morpholine rings is 1. The molecule has 0 bridgehead atoms. The Morgan fingerprint density at radius 2 is 1.91 bits per heavy atom. The lowest BCUT2D eigenvalue weighted by molar-refractivity contribution is 0.0277. The van der Waals surface area contributed by atoms with E-state index in [2.05, 4.69) is 20.6 Å². The van der Waals surface area contributed by atoms with Gasteiger partial charge in [0.25, 0.3) is 0 Å². The van der Waals surface area contributed by atoms with E-state index in [1.165, 1.54) is 12.1 Å². The van der Waals surface area contributed by atoms with Crippen molar-refractivity contribution in [3.8, 4) is 11.1 Å². The Morgan fingerprint density at radius 3 is 2.69 bits per heavy atom. The highest BCUT2D eigenvalue weighted by atomic mass is 35.5. The van der Waals surface area contributed by atoms with Crippen molar-refractivity contribution < 1.29 is 9.13 Å². The normalized spacial score (nSPS) is 16.2.